The van der Waals surface area contributed by atoms with Crippen LogP contribution < -0.4 is 4.57 Å². The fourth-order valence-corrected chi connectivity index (χ4v) is 3.14. The molecule has 0 aliphatic heterocycles. The molecule has 26 heavy (non-hydrogen) atoms. The van der Waals surface area contributed by atoms with Gasteiger partial charge in [0.05, 0.1) is 6.54 Å². The molecule has 0 spiro atoms. The molecule has 1 heterocycles. The van der Waals surface area contributed by atoms with Gasteiger partial charge in [-0.05, 0) is 44.7 Å². The molecule has 2 aromatic rings. The fourth-order valence-electron chi connectivity index (χ4n) is 3.14. The van der Waals surface area contributed by atoms with Crippen molar-refractivity contribution in [3.05, 3.63) is 47.5 Å². The number of imidazole rings is 1. The summed E-state index contributed by atoms with van der Waals surface area (Å²) in [6, 6.07) is 4.52. The van der Waals surface area contributed by atoms with Crippen LogP contribution in [-0.2, 0) is 6.54 Å². The predicted molar refractivity (Wildman–Crippen MR) is 99.1 cm³/mol. The summed E-state index contributed by atoms with van der Waals surface area (Å²) in [6.07, 6.45) is 13.3. The van der Waals surface area contributed by atoms with Crippen molar-refractivity contribution in [1.29, 1.82) is 0 Å². The van der Waals surface area contributed by atoms with Gasteiger partial charge in [-0.1, -0.05) is 43.9 Å². The van der Waals surface area contributed by atoms with Crippen LogP contribution >= 0.6 is 0 Å². The van der Waals surface area contributed by atoms with Crippen molar-refractivity contribution in [2.75, 3.05) is 0 Å². The topological polar surface area (TPSA) is 8.81 Å². The van der Waals surface area contributed by atoms with Gasteiger partial charge in [0.2, 0.25) is 6.33 Å². The van der Waals surface area contributed by atoms with Crippen LogP contribution in [0.4, 0.5) is 17.3 Å². The minimum absolute atomic E-state index is 1.13. The van der Waals surface area contributed by atoms with Gasteiger partial charge in [-0.15, -0.1) is 0 Å². The van der Waals surface area contributed by atoms with Crippen LogP contribution in [0.2, 0.25) is 0 Å². The van der Waals surface area contributed by atoms with Gasteiger partial charge in [-0.2, -0.15) is 0 Å². The average Bonchev–Trinajstić information content (AvgIpc) is 2.92. The van der Waals surface area contributed by atoms with Gasteiger partial charge in [0.1, 0.15) is 18.1 Å². The van der Waals surface area contributed by atoms with E-state index in [1.807, 2.05) is 0 Å². The Bertz CT molecular complexity index is 651. The average molecular weight is 372 g/mol. The van der Waals surface area contributed by atoms with Gasteiger partial charge in [-0.25, -0.2) is 9.13 Å². The number of nitrogens with zero attached hydrogens (tertiary/aromatic N) is 2. The van der Waals surface area contributed by atoms with E-state index in [1.54, 1.807) is 0 Å². The van der Waals surface area contributed by atoms with Crippen molar-refractivity contribution in [2.24, 2.45) is 0 Å². The van der Waals surface area contributed by atoms with E-state index >= 15 is 0 Å². The molecule has 0 bridgehead atoms. The lowest BCUT2D eigenvalue weighted by Crippen LogP contribution is -2.30. The summed E-state index contributed by atoms with van der Waals surface area (Å²) < 4.78 is 43.6. The van der Waals surface area contributed by atoms with Crippen LogP contribution in [0.1, 0.15) is 55.7 Å². The molecular weight excluding hydrogens is 343 g/mol. The zero-order valence-corrected chi connectivity index (χ0v) is 16.1. The third-order valence-electron chi connectivity index (χ3n) is 4.10. The number of aryl methyl sites for hydroxylation is 4. The lowest BCUT2D eigenvalue weighted by molar-refractivity contribution is -0.696. The summed E-state index contributed by atoms with van der Waals surface area (Å²) in [5.41, 5.74) is 5.35. The lowest BCUT2D eigenvalue weighted by atomic mass is 10.1. The number of benzene rings is 1. The number of rotatable bonds is 7. The summed E-state index contributed by atoms with van der Waals surface area (Å²) in [5.74, 6) is 0. The monoisotopic (exact) mass is 372 g/mol. The molecule has 7 heteroatoms. The molecule has 0 unspecified atom stereocenters. The van der Waals surface area contributed by atoms with Gasteiger partial charge in [0.25, 0.3) is 0 Å². The standard InChI is InChI=1S/C19H29N2.BF4/c1-5-6-7-8-9-10-20-11-12-21(15-20)19-17(3)13-16(2)14-18(19)4;2-1(3,4)5/h11-15H,5-10H2,1-4H3;/q+1;-1. The van der Waals surface area contributed by atoms with Crippen molar-refractivity contribution in [3.63, 3.8) is 0 Å². The molecule has 0 aliphatic rings. The first-order valence-corrected chi connectivity index (χ1v) is 9.14. The molecule has 0 amide bonds. The smallest absolute Gasteiger partial charge is 0.418 e. The number of halogens is 4. The van der Waals surface area contributed by atoms with E-state index in [4.69, 9.17) is 0 Å². The molecule has 2 nitrogen and oxygen atoms in total. The van der Waals surface area contributed by atoms with E-state index in [-0.39, 0.29) is 0 Å². The first-order chi connectivity index (χ1) is 12.1. The molecule has 1 aromatic carbocycles. The Morgan fingerprint density at radius 3 is 2.00 bits per heavy atom. The maximum Gasteiger partial charge on any atom is 0.673 e. The van der Waals surface area contributed by atoms with Crippen molar-refractivity contribution in [1.82, 2.24) is 4.57 Å². The summed E-state index contributed by atoms with van der Waals surface area (Å²) in [6.45, 7) is 9.95. The molecule has 0 saturated heterocycles. The SMILES string of the molecule is CCCCCCC[n+]1ccn(-c2c(C)cc(C)cc2C)c1.F[B-](F)(F)F. The van der Waals surface area contributed by atoms with Crippen molar-refractivity contribution in [2.45, 2.75) is 66.3 Å². The van der Waals surface area contributed by atoms with Crippen LogP contribution in [0.25, 0.3) is 5.69 Å². The van der Waals surface area contributed by atoms with E-state index in [2.05, 4.69) is 67.7 Å². The number of unbranched alkanes of at least 4 members (excludes halogenated alkanes) is 4. The van der Waals surface area contributed by atoms with Crippen molar-refractivity contribution < 1.29 is 21.8 Å². The van der Waals surface area contributed by atoms with Crippen molar-refractivity contribution in [3.8, 4) is 5.69 Å². The zero-order valence-electron chi connectivity index (χ0n) is 16.1. The second kappa shape index (κ2) is 10.4. The van der Waals surface area contributed by atoms with Crippen LogP contribution in [0.5, 0.6) is 0 Å². The van der Waals surface area contributed by atoms with Crippen LogP contribution in [0.3, 0.4) is 0 Å². The lowest BCUT2D eigenvalue weighted by Gasteiger charge is -2.07. The summed E-state index contributed by atoms with van der Waals surface area (Å²) >= 11 is 0. The Kier molecular flexibility index (Phi) is 8.89. The molecule has 0 fully saturated rings. The van der Waals surface area contributed by atoms with E-state index < -0.39 is 7.25 Å². The molecule has 0 N–H and O–H groups in total. The second-order valence-corrected chi connectivity index (χ2v) is 6.72. The Morgan fingerprint density at radius 2 is 1.46 bits per heavy atom. The van der Waals surface area contributed by atoms with E-state index in [9.17, 15) is 17.3 Å². The highest BCUT2D eigenvalue weighted by molar-refractivity contribution is 6.50. The minimum atomic E-state index is -6.00. The Balaban J connectivity index is 0.000000597. The highest BCUT2D eigenvalue weighted by Gasteiger charge is 2.20. The predicted octanol–water partition coefficient (Wildman–Crippen LogP) is 5.96. The van der Waals surface area contributed by atoms with Gasteiger partial charge in [0, 0.05) is 0 Å². The molecule has 0 aliphatic carbocycles. The third kappa shape index (κ3) is 8.54. The molecule has 0 saturated carbocycles. The number of aromatic nitrogens is 2. The van der Waals surface area contributed by atoms with Gasteiger partial charge >= 0.3 is 7.25 Å². The Morgan fingerprint density at radius 1 is 0.923 bits per heavy atom. The Labute approximate surface area is 154 Å². The molecular formula is C19H29BF4N2. The van der Waals surface area contributed by atoms with Crippen LogP contribution in [-0.4, -0.2) is 11.8 Å². The van der Waals surface area contributed by atoms with Gasteiger partial charge in [-0.3, -0.25) is 0 Å². The molecule has 0 radical (unpaired) electrons. The summed E-state index contributed by atoms with van der Waals surface area (Å²) in [7, 11) is -6.00. The molecule has 2 rings (SSSR count). The fraction of sp³-hybridized carbons (Fsp3) is 0.526. The number of hydrogen-bond acceptors (Lipinski definition) is 0. The summed E-state index contributed by atoms with van der Waals surface area (Å²) in [5, 5.41) is 0. The summed E-state index contributed by atoms with van der Waals surface area (Å²) in [4.78, 5) is 0. The minimum Gasteiger partial charge on any atom is -0.418 e. The number of hydrogen-bond donors (Lipinski definition) is 0. The largest absolute Gasteiger partial charge is 0.673 e. The van der Waals surface area contributed by atoms with E-state index in [0.29, 0.717) is 0 Å². The maximum absolute atomic E-state index is 9.75. The molecule has 0 atom stereocenters. The highest BCUT2D eigenvalue weighted by Crippen LogP contribution is 2.20. The van der Waals surface area contributed by atoms with Gasteiger partial charge < -0.3 is 17.3 Å². The molecule has 1 aromatic heterocycles. The first kappa shape index (κ1) is 22.3. The van der Waals surface area contributed by atoms with Gasteiger partial charge in [0.15, 0.2) is 0 Å². The van der Waals surface area contributed by atoms with Crippen LogP contribution in [0, 0.1) is 20.8 Å². The second-order valence-electron chi connectivity index (χ2n) is 6.72. The third-order valence-corrected chi connectivity index (χ3v) is 4.10. The quantitative estimate of drug-likeness (QED) is 0.245. The molecule has 146 valence electrons. The Hall–Kier alpha value is -1.79. The normalized spacial score (nSPS) is 11.2. The maximum atomic E-state index is 9.75. The van der Waals surface area contributed by atoms with E-state index in [0.717, 1.165) is 6.54 Å². The highest BCUT2D eigenvalue weighted by atomic mass is 19.5. The van der Waals surface area contributed by atoms with Crippen LogP contribution in [0.15, 0.2) is 30.9 Å². The van der Waals surface area contributed by atoms with E-state index in [1.165, 1.54) is 54.5 Å². The van der Waals surface area contributed by atoms with Crippen molar-refractivity contribution >= 4 is 7.25 Å². The first-order valence-electron chi connectivity index (χ1n) is 9.14. The zero-order chi connectivity index (χ0) is 19.7.